The van der Waals surface area contributed by atoms with Crippen LogP contribution in [0.2, 0.25) is 0 Å². The van der Waals surface area contributed by atoms with Crippen LogP contribution in [-0.4, -0.2) is 271 Å². The first-order valence-corrected chi connectivity index (χ1v) is 45.3. The zero-order chi connectivity index (χ0) is 93.2. The van der Waals surface area contributed by atoms with E-state index in [0.29, 0.717) is 155 Å². The molecule has 1 aliphatic carbocycles. The maximum Gasteiger partial charge on any atom is 0.407 e. The predicted molar refractivity (Wildman–Crippen MR) is 482 cm³/mol. The number of ketones is 3. The molecule has 37 heteroatoms. The van der Waals surface area contributed by atoms with E-state index in [1.807, 2.05) is 76.9 Å². The van der Waals surface area contributed by atoms with Gasteiger partial charge in [0, 0.05) is 134 Å². The Balaban J connectivity index is 0.525. The van der Waals surface area contributed by atoms with Crippen molar-refractivity contribution in [2.24, 2.45) is 29.6 Å². The average molecular weight is 1810 g/mol. The number of methoxy groups -OCH3 is 3. The SMILES string of the molecule is CO[C@H]1C[C@@H]2CC[C@@H](C)[C@@](O)(O2)C(=O)C(=O)N2CCCC[C@H]2C(=O)O[C@H]([C@H](O)C[C@@H]2CC[C@@H](OC(=O)NCc3cnc(N4CCN(c5cnc(C(=O)NCCOCCOCCC(=O)N6CCc7cc(Cn8nc(-c9ccc%10oc(N)nc%10c9)c9c(N)ncnc98)ccc7C6)cn5)CC4)nc3)[C@H](OC)C2)CC(=O)[C@H](C)/C=C(\C)[C@@H](O)[C@@H](OC)C(=O)[C@H](C)C[C@H](C)/C=C/C=C/C=C/1C. The molecule has 704 valence electrons. The van der Waals surface area contributed by atoms with Crippen molar-refractivity contribution in [3.63, 3.8) is 0 Å². The number of esters is 1. The number of ether oxygens (including phenoxy) is 8. The standard InChI is InChI=1S/C94H123N17O20/c1-55-15-11-10-12-16-56(2)75(123-7)45-67-23-18-60(6)94(122,131-67)85(117)89(119)110-29-14-13-17-70(110)90(120)128-76(46-71(112)57(3)40-59(5)83(116)84(125-9)82(115)58(4)39-55)72(113)42-61-20-24-74(77(43-61)124-8)130-93(121)102-49-63-47-100-92(101-48-63)108-33-31-107(32-34-108)78-51-98-69(50-99-78)88(118)97-28-36-127-38-37-126-35-27-79(114)109-30-26-64-41-62(19-21-66(64)53-109)52-111-87-80(86(95)103-54-104-87)81(106-111)65-22-25-73-68(44-65)105-91(96)129-73/h10-12,15-16,19,21-22,25,40-41,44,47-48,50-51,54-55,57-58,60-61,67,70,72,74-77,83-84,113,116,122H,13-14,17-18,20,23-24,26-39,42-43,45-46,49,52-53H2,1-9H3,(H2,96,105)(H,97,118)(H,102,121)(H2,95,103,104)/b12-10+,15-11+,56-16+,59-40+/t55-,57-,58-,60-,61+,67+,70+,72-,74-,75+,76+,77-,83-,84+,94-/m1/s1. The van der Waals surface area contributed by atoms with E-state index in [1.165, 1.54) is 32.8 Å². The van der Waals surface area contributed by atoms with E-state index in [1.54, 1.807) is 59.5 Å². The van der Waals surface area contributed by atoms with Crippen LogP contribution in [0, 0.1) is 29.6 Å². The van der Waals surface area contributed by atoms with Gasteiger partial charge in [-0.2, -0.15) is 10.1 Å². The summed E-state index contributed by atoms with van der Waals surface area (Å²) < 4.78 is 54.4. The number of carbonyl (C=O) groups is 8. The average Bonchev–Trinajstić information content (AvgIpc) is 1.64. The van der Waals surface area contributed by atoms with Crippen molar-refractivity contribution in [2.45, 2.75) is 212 Å². The van der Waals surface area contributed by atoms with Crippen LogP contribution in [-0.2, 0) is 92.7 Å². The fraction of sp³-hybridized carbons (Fsp3) is 0.553. The lowest BCUT2D eigenvalue weighted by molar-refractivity contribution is -0.265. The van der Waals surface area contributed by atoms with E-state index in [4.69, 9.17) is 58.9 Å². The summed E-state index contributed by atoms with van der Waals surface area (Å²) in [7, 11) is 4.38. The summed E-state index contributed by atoms with van der Waals surface area (Å²) in [6.45, 7) is 15.5. The maximum absolute atomic E-state index is 14.7. The Bertz CT molecular complexity index is 5290. The highest BCUT2D eigenvalue weighted by Gasteiger charge is 2.53. The molecule has 131 heavy (non-hydrogen) atoms. The third-order valence-corrected chi connectivity index (χ3v) is 25.8. The molecule has 0 radical (unpaired) electrons. The van der Waals surface area contributed by atoms with E-state index in [2.05, 4.69) is 62.6 Å². The number of cyclic esters (lactones) is 1. The number of carbonyl (C=O) groups excluding carboxylic acids is 8. The summed E-state index contributed by atoms with van der Waals surface area (Å²) in [5.41, 5.74) is 20.5. The van der Waals surface area contributed by atoms with Crippen LogP contribution in [0.4, 0.5) is 28.4 Å². The smallest absolute Gasteiger partial charge is 0.407 e. The number of anilines is 4. The minimum absolute atomic E-state index is 0.000993. The number of benzene rings is 2. The number of Topliss-reactive ketones (excluding diaryl/α,β-unsaturated/α-hetero) is 3. The van der Waals surface area contributed by atoms with Crippen LogP contribution < -0.4 is 31.9 Å². The number of aromatic nitrogens is 9. The number of aliphatic hydroxyl groups excluding tert-OH is 2. The lowest BCUT2D eigenvalue weighted by Gasteiger charge is -2.42. The molecule has 5 aliphatic heterocycles. The summed E-state index contributed by atoms with van der Waals surface area (Å²) in [5.74, 6) is -8.27. The minimum atomic E-state index is -2.53. The monoisotopic (exact) mass is 1810 g/mol. The Kier molecular flexibility index (Phi) is 33.5. The van der Waals surface area contributed by atoms with E-state index in [-0.39, 0.29) is 113 Å². The van der Waals surface area contributed by atoms with Gasteiger partial charge in [-0.25, -0.2) is 44.2 Å². The largest absolute Gasteiger partial charge is 0.458 e. The molecular formula is C94H123N17O20. The number of nitrogens with zero attached hydrogens (tertiary/aromatic N) is 13. The molecule has 13 rings (SSSR count). The van der Waals surface area contributed by atoms with Gasteiger partial charge in [0.15, 0.2) is 17.0 Å². The molecule has 0 unspecified atom stereocenters. The van der Waals surface area contributed by atoms with Gasteiger partial charge in [0.25, 0.3) is 23.6 Å². The molecule has 10 heterocycles. The predicted octanol–water partition coefficient (Wildman–Crippen LogP) is 7.64. The van der Waals surface area contributed by atoms with Crippen molar-refractivity contribution >= 4 is 92.9 Å². The van der Waals surface area contributed by atoms with Gasteiger partial charge in [0.1, 0.15) is 71.1 Å². The number of nitrogen functional groups attached to an aromatic ring is 2. The van der Waals surface area contributed by atoms with Gasteiger partial charge in [-0.3, -0.25) is 28.8 Å². The third-order valence-electron chi connectivity index (χ3n) is 25.8. The van der Waals surface area contributed by atoms with Crippen LogP contribution in [0.1, 0.15) is 158 Å². The van der Waals surface area contributed by atoms with Gasteiger partial charge in [-0.15, -0.1) is 0 Å². The van der Waals surface area contributed by atoms with Gasteiger partial charge in [-0.05, 0) is 142 Å². The number of nitrogens with two attached hydrogens (primary N) is 2. The van der Waals surface area contributed by atoms with E-state index in [0.717, 1.165) is 32.7 Å². The Hall–Kier alpha value is -11.4. The Labute approximate surface area is 760 Å². The molecule has 15 atom stereocenters. The van der Waals surface area contributed by atoms with Crippen molar-refractivity contribution in [2.75, 3.05) is 115 Å². The van der Waals surface area contributed by atoms with E-state index < -0.39 is 120 Å². The normalized spacial score (nSPS) is 27.1. The number of hydrogen-bond acceptors (Lipinski definition) is 32. The number of hydrogen-bond donors (Lipinski definition) is 7. The fourth-order valence-corrected chi connectivity index (χ4v) is 18.1. The van der Waals surface area contributed by atoms with Gasteiger partial charge < -0.3 is 99.3 Å². The van der Waals surface area contributed by atoms with E-state index in [9.17, 15) is 53.7 Å². The summed E-state index contributed by atoms with van der Waals surface area (Å²) in [6, 6.07) is 10.5. The van der Waals surface area contributed by atoms with Gasteiger partial charge >= 0.3 is 12.1 Å². The lowest BCUT2D eigenvalue weighted by Crippen LogP contribution is -2.61. The van der Waals surface area contributed by atoms with Crippen molar-refractivity contribution in [1.82, 2.24) is 65.1 Å². The minimum Gasteiger partial charge on any atom is -0.458 e. The van der Waals surface area contributed by atoms with Crippen LogP contribution in [0.3, 0.4) is 0 Å². The van der Waals surface area contributed by atoms with Crippen LogP contribution in [0.5, 0.6) is 0 Å². The quantitative estimate of drug-likeness (QED) is 0.0132. The van der Waals surface area contributed by atoms with Crippen molar-refractivity contribution in [3.8, 4) is 11.3 Å². The highest BCUT2D eigenvalue weighted by molar-refractivity contribution is 6.39. The molecule has 0 spiro atoms. The van der Waals surface area contributed by atoms with E-state index >= 15 is 0 Å². The maximum atomic E-state index is 14.7. The fourth-order valence-electron chi connectivity index (χ4n) is 18.1. The third kappa shape index (κ3) is 24.5. The number of piperidine rings is 1. The summed E-state index contributed by atoms with van der Waals surface area (Å²) in [5, 5.41) is 47.3. The highest BCUT2D eigenvalue weighted by atomic mass is 16.6. The molecule has 1 saturated carbocycles. The Morgan fingerprint density at radius 2 is 1.52 bits per heavy atom. The second kappa shape index (κ2) is 45.1. The number of fused-ring (bicyclic) bond motifs is 6. The number of oxazole rings is 1. The van der Waals surface area contributed by atoms with Crippen molar-refractivity contribution in [3.05, 3.63) is 143 Å². The van der Waals surface area contributed by atoms with Gasteiger partial charge in [0.05, 0.1) is 81.6 Å². The molecule has 3 saturated heterocycles. The number of aliphatic hydroxyl groups is 3. The zero-order valence-electron chi connectivity index (χ0n) is 75.9. The number of amides is 4. The van der Waals surface area contributed by atoms with Gasteiger partial charge in [0.2, 0.25) is 17.6 Å². The number of nitrogens with one attached hydrogen (secondary N) is 2. The molecular weight excluding hydrogens is 1690 g/mol. The molecule has 6 aliphatic rings. The van der Waals surface area contributed by atoms with Crippen LogP contribution >= 0.6 is 0 Å². The summed E-state index contributed by atoms with van der Waals surface area (Å²) >= 11 is 0. The summed E-state index contributed by atoms with van der Waals surface area (Å²) in [4.78, 5) is 150. The van der Waals surface area contributed by atoms with Crippen LogP contribution in [0.25, 0.3) is 33.4 Å². The molecule has 5 aromatic heterocycles. The van der Waals surface area contributed by atoms with Gasteiger partial charge in [-0.1, -0.05) is 82.4 Å². The van der Waals surface area contributed by atoms with Crippen LogP contribution in [0.15, 0.2) is 120 Å². The first kappa shape index (κ1) is 97.1. The first-order valence-electron chi connectivity index (χ1n) is 45.3. The lowest BCUT2D eigenvalue weighted by atomic mass is 9.80. The van der Waals surface area contributed by atoms with Crippen molar-refractivity contribution in [1.29, 1.82) is 0 Å². The number of rotatable bonds is 24. The highest BCUT2D eigenvalue weighted by Crippen LogP contribution is 2.40. The van der Waals surface area contributed by atoms with Crippen molar-refractivity contribution < 1.29 is 96.0 Å². The number of allylic oxidation sites excluding steroid dienone is 6. The first-order chi connectivity index (χ1) is 63.1. The number of piperazine rings is 1. The molecule has 37 nitrogen and oxygen atoms in total. The Morgan fingerprint density at radius 1 is 0.740 bits per heavy atom. The molecule has 2 aromatic carbocycles. The summed E-state index contributed by atoms with van der Waals surface area (Å²) in [6.07, 6.45) is 13.7. The second-order valence-electron chi connectivity index (χ2n) is 35.1. The number of alkyl carbamates (subject to hydrolysis) is 1. The zero-order valence-corrected chi connectivity index (χ0v) is 75.9. The molecule has 7 aromatic rings. The second-order valence-corrected chi connectivity index (χ2v) is 35.1. The molecule has 9 N–H and O–H groups in total. The molecule has 2 bridgehead atoms. The molecule has 4 amide bonds. The topological polar surface area (TPSA) is 481 Å². The molecule has 4 fully saturated rings. The Morgan fingerprint density at radius 3 is 2.27 bits per heavy atom.